The molecule has 1 aliphatic heterocycles. The fourth-order valence-corrected chi connectivity index (χ4v) is 3.90. The number of benzene rings is 2. The number of hydrogen-bond acceptors (Lipinski definition) is 7. The smallest absolute Gasteiger partial charge is 0.294 e. The lowest BCUT2D eigenvalue weighted by atomic mass is 10.1. The summed E-state index contributed by atoms with van der Waals surface area (Å²) in [6.45, 7) is 2.59. The molecule has 10 nitrogen and oxygen atoms in total. The van der Waals surface area contributed by atoms with Gasteiger partial charge < -0.3 is 24.7 Å². The highest BCUT2D eigenvalue weighted by atomic mass is 16.5. The number of fused-ring (bicyclic) bond motifs is 1. The van der Waals surface area contributed by atoms with Crippen LogP contribution in [0.2, 0.25) is 0 Å². The van der Waals surface area contributed by atoms with Gasteiger partial charge in [0.15, 0.2) is 0 Å². The lowest BCUT2D eigenvalue weighted by Gasteiger charge is -2.29. The van der Waals surface area contributed by atoms with Crippen molar-refractivity contribution < 1.29 is 24.5 Å². The van der Waals surface area contributed by atoms with Crippen molar-refractivity contribution in [2.75, 3.05) is 31.7 Å². The zero-order valence-corrected chi connectivity index (χ0v) is 20.9. The topological polar surface area (TPSA) is 132 Å². The van der Waals surface area contributed by atoms with Crippen molar-refractivity contribution >= 4 is 17.5 Å². The molecule has 37 heavy (non-hydrogen) atoms. The van der Waals surface area contributed by atoms with Crippen LogP contribution < -0.4 is 9.64 Å². The van der Waals surface area contributed by atoms with E-state index in [-0.39, 0.29) is 25.6 Å². The predicted molar refractivity (Wildman–Crippen MR) is 136 cm³/mol. The summed E-state index contributed by atoms with van der Waals surface area (Å²) in [4.78, 5) is 33.8. The Bertz CT molecular complexity index is 1340. The Labute approximate surface area is 214 Å². The minimum absolute atomic E-state index is 0.0965. The number of aromatic amines is 1. The first kappa shape index (κ1) is 25.9. The van der Waals surface area contributed by atoms with E-state index in [0.717, 1.165) is 5.56 Å². The van der Waals surface area contributed by atoms with Gasteiger partial charge in [-0.05, 0) is 37.6 Å². The molecule has 3 N–H and O–H groups in total. The molecule has 0 saturated carbocycles. The number of carbonyl (C=O) groups is 2. The zero-order chi connectivity index (χ0) is 26.6. The third-order valence-electron chi connectivity index (χ3n) is 5.76. The van der Waals surface area contributed by atoms with Crippen molar-refractivity contribution in [3.63, 3.8) is 0 Å². The third-order valence-corrected chi connectivity index (χ3v) is 5.76. The minimum atomic E-state index is -1.16. The second-order valence-electron chi connectivity index (χ2n) is 9.21. The Morgan fingerprint density at radius 2 is 2.03 bits per heavy atom. The predicted octanol–water partition coefficient (Wildman–Crippen LogP) is 1.38. The van der Waals surface area contributed by atoms with Gasteiger partial charge in [0.25, 0.3) is 11.8 Å². The SMILES string of the molecule is CN1C(=O)[C@@H](N(CCO)C(=O)c2n[nH]c(Cc3ccccc3)n2)COc2ccc(C#CC(C)(C)O)cc21. The van der Waals surface area contributed by atoms with Gasteiger partial charge in [0.05, 0.1) is 12.3 Å². The standard InChI is InChI=1S/C27H29N5O5/c1-27(2,36)12-11-19-9-10-22-20(15-19)31(3)25(34)21(17-37-22)32(13-14-33)26(35)24-28-23(29-30-24)16-18-7-5-4-6-8-18/h4-10,15,21,33,36H,13-14,16-17H2,1-3H3,(H,28,29,30)/t21-/m0/s1. The number of aliphatic hydroxyl groups excluding tert-OH is 1. The summed E-state index contributed by atoms with van der Waals surface area (Å²) in [7, 11) is 1.59. The number of H-pyrrole nitrogens is 1. The number of ether oxygens (including phenoxy) is 1. The average Bonchev–Trinajstić information content (AvgIpc) is 3.30. The van der Waals surface area contributed by atoms with Crippen molar-refractivity contribution in [1.82, 2.24) is 20.1 Å². The Morgan fingerprint density at radius 3 is 2.73 bits per heavy atom. The highest BCUT2D eigenvalue weighted by Gasteiger charge is 2.37. The van der Waals surface area contributed by atoms with Crippen molar-refractivity contribution in [2.45, 2.75) is 31.9 Å². The number of hydrogen-bond donors (Lipinski definition) is 3. The molecule has 0 radical (unpaired) electrons. The van der Waals surface area contributed by atoms with Gasteiger partial charge in [-0.15, -0.1) is 5.10 Å². The van der Waals surface area contributed by atoms with Gasteiger partial charge in [-0.2, -0.15) is 0 Å². The van der Waals surface area contributed by atoms with E-state index in [2.05, 4.69) is 27.0 Å². The normalized spacial score (nSPS) is 15.2. The van der Waals surface area contributed by atoms with Crippen molar-refractivity contribution in [3.05, 3.63) is 71.3 Å². The van der Waals surface area contributed by atoms with E-state index in [1.165, 1.54) is 9.80 Å². The molecule has 1 aromatic heterocycles. The quantitative estimate of drug-likeness (QED) is 0.433. The van der Waals surface area contributed by atoms with Gasteiger partial charge in [-0.1, -0.05) is 42.2 Å². The first-order chi connectivity index (χ1) is 17.7. The fraction of sp³-hybridized carbons (Fsp3) is 0.333. The fourth-order valence-electron chi connectivity index (χ4n) is 3.90. The van der Waals surface area contributed by atoms with Crippen LogP contribution in [0.15, 0.2) is 48.5 Å². The summed E-state index contributed by atoms with van der Waals surface area (Å²) in [5, 5.41) is 26.4. The summed E-state index contributed by atoms with van der Waals surface area (Å²) in [6.07, 6.45) is 0.462. The summed E-state index contributed by atoms with van der Waals surface area (Å²) in [5.74, 6) is 5.51. The molecule has 0 bridgehead atoms. The molecule has 10 heteroatoms. The molecule has 1 atom stereocenters. The molecule has 0 fully saturated rings. The van der Waals surface area contributed by atoms with Crippen LogP contribution in [0.25, 0.3) is 0 Å². The maximum atomic E-state index is 13.5. The number of nitrogens with one attached hydrogen (secondary N) is 1. The van der Waals surface area contributed by atoms with Gasteiger partial charge in [-0.25, -0.2) is 4.98 Å². The van der Waals surface area contributed by atoms with Crippen LogP contribution in [0.5, 0.6) is 5.75 Å². The number of likely N-dealkylation sites (N-methyl/N-ethyl adjacent to an activating group) is 1. The van der Waals surface area contributed by atoms with Crippen LogP contribution in [0.4, 0.5) is 5.69 Å². The molecule has 4 rings (SSSR count). The van der Waals surface area contributed by atoms with E-state index in [4.69, 9.17) is 4.74 Å². The maximum absolute atomic E-state index is 13.5. The van der Waals surface area contributed by atoms with Crippen LogP contribution in [0.3, 0.4) is 0 Å². The molecule has 0 saturated heterocycles. The van der Waals surface area contributed by atoms with Crippen LogP contribution >= 0.6 is 0 Å². The second-order valence-corrected chi connectivity index (χ2v) is 9.21. The number of anilines is 1. The van der Waals surface area contributed by atoms with Crippen LogP contribution in [0.1, 0.15) is 41.4 Å². The van der Waals surface area contributed by atoms with Gasteiger partial charge in [0.1, 0.15) is 29.8 Å². The van der Waals surface area contributed by atoms with Crippen LogP contribution in [-0.4, -0.2) is 80.6 Å². The van der Waals surface area contributed by atoms with Crippen molar-refractivity contribution in [2.24, 2.45) is 0 Å². The maximum Gasteiger partial charge on any atom is 0.294 e. The molecule has 0 unspecified atom stereocenters. The van der Waals surface area contributed by atoms with E-state index in [0.29, 0.717) is 29.2 Å². The lowest BCUT2D eigenvalue weighted by molar-refractivity contribution is -0.123. The molecule has 192 valence electrons. The number of rotatable bonds is 6. The first-order valence-electron chi connectivity index (χ1n) is 11.8. The number of nitrogens with zero attached hydrogens (tertiary/aromatic N) is 4. The van der Waals surface area contributed by atoms with Crippen LogP contribution in [0, 0.1) is 11.8 Å². The molecule has 1 aliphatic rings. The average molecular weight is 504 g/mol. The van der Waals surface area contributed by atoms with E-state index < -0.39 is 23.5 Å². The van der Waals surface area contributed by atoms with Crippen molar-refractivity contribution in [3.8, 4) is 17.6 Å². The summed E-state index contributed by atoms with van der Waals surface area (Å²) in [5.41, 5.74) is 0.915. The molecule has 0 aliphatic carbocycles. The molecule has 3 aromatic rings. The van der Waals surface area contributed by atoms with Gasteiger partial charge in [0.2, 0.25) is 5.82 Å². The van der Waals surface area contributed by atoms with Crippen molar-refractivity contribution in [1.29, 1.82) is 0 Å². The number of carbonyl (C=O) groups excluding carboxylic acids is 2. The van der Waals surface area contributed by atoms with Crippen LogP contribution in [-0.2, 0) is 11.2 Å². The third kappa shape index (κ3) is 6.14. The largest absolute Gasteiger partial charge is 0.489 e. The minimum Gasteiger partial charge on any atom is -0.489 e. The van der Waals surface area contributed by atoms with Gasteiger partial charge >= 0.3 is 0 Å². The highest BCUT2D eigenvalue weighted by molar-refractivity contribution is 6.02. The molecular weight excluding hydrogens is 474 g/mol. The van der Waals surface area contributed by atoms with Gasteiger partial charge in [0, 0.05) is 25.6 Å². The van der Waals surface area contributed by atoms with E-state index in [1.807, 2.05) is 30.3 Å². The Balaban J connectivity index is 1.56. The molecule has 2 heterocycles. The molecule has 2 amide bonds. The first-order valence-corrected chi connectivity index (χ1v) is 11.8. The Kier molecular flexibility index (Phi) is 7.57. The lowest BCUT2D eigenvalue weighted by Crippen LogP contribution is -2.53. The highest BCUT2D eigenvalue weighted by Crippen LogP contribution is 2.32. The number of aromatic nitrogens is 3. The number of amides is 2. The summed E-state index contributed by atoms with van der Waals surface area (Å²) < 4.78 is 5.92. The Hall–Kier alpha value is -4.20. The van der Waals surface area contributed by atoms with E-state index in [1.54, 1.807) is 39.1 Å². The molecular formula is C27H29N5O5. The van der Waals surface area contributed by atoms with E-state index >= 15 is 0 Å². The van der Waals surface area contributed by atoms with E-state index in [9.17, 15) is 19.8 Å². The number of aliphatic hydroxyl groups is 2. The summed E-state index contributed by atoms with van der Waals surface area (Å²) >= 11 is 0. The molecule has 0 spiro atoms. The summed E-state index contributed by atoms with van der Waals surface area (Å²) in [6, 6.07) is 13.7. The van der Waals surface area contributed by atoms with Gasteiger partial charge in [-0.3, -0.25) is 14.7 Å². The Morgan fingerprint density at radius 1 is 1.27 bits per heavy atom. The monoisotopic (exact) mass is 503 g/mol. The molecule has 2 aromatic carbocycles. The zero-order valence-electron chi connectivity index (χ0n) is 20.9. The second kappa shape index (κ2) is 10.8.